The molecule has 2 atom stereocenters. The van der Waals surface area contributed by atoms with Gasteiger partial charge in [-0.05, 0) is 32.3 Å². The molecule has 1 amide bonds. The summed E-state index contributed by atoms with van der Waals surface area (Å²) in [5.41, 5.74) is 0.125. The van der Waals surface area contributed by atoms with E-state index in [9.17, 15) is 9.90 Å². The van der Waals surface area contributed by atoms with Crippen molar-refractivity contribution >= 4 is 6.09 Å². The van der Waals surface area contributed by atoms with Crippen molar-refractivity contribution in [2.45, 2.75) is 52.4 Å². The molecular formula is C19H27NO3. The van der Waals surface area contributed by atoms with Gasteiger partial charge in [-0.2, -0.15) is 0 Å². The van der Waals surface area contributed by atoms with Gasteiger partial charge in [-0.25, -0.2) is 4.79 Å². The Bertz CT molecular complexity index is 540. The zero-order valence-corrected chi connectivity index (χ0v) is 14.6. The second-order valence-electron chi connectivity index (χ2n) is 6.90. The van der Waals surface area contributed by atoms with Crippen molar-refractivity contribution in [1.82, 2.24) is 4.90 Å². The second kappa shape index (κ2) is 8.03. The molecule has 0 saturated carbocycles. The van der Waals surface area contributed by atoms with Crippen LogP contribution >= 0.6 is 0 Å². The fraction of sp³-hybridized carbons (Fsp3) is 0.526. The smallest absolute Gasteiger partial charge is 0.411 e. The number of rotatable bonds is 5. The molecule has 0 saturated heterocycles. The fourth-order valence-corrected chi connectivity index (χ4v) is 2.45. The van der Waals surface area contributed by atoms with Crippen LogP contribution in [0.15, 0.2) is 30.3 Å². The van der Waals surface area contributed by atoms with E-state index in [1.807, 2.05) is 44.2 Å². The Kier molecular flexibility index (Phi) is 6.65. The molecule has 0 heterocycles. The topological polar surface area (TPSA) is 49.8 Å². The highest BCUT2D eigenvalue weighted by molar-refractivity contribution is 5.69. The first-order chi connectivity index (χ1) is 10.7. The largest absolute Gasteiger partial charge is 0.444 e. The first-order valence-electron chi connectivity index (χ1n) is 7.83. The number of carbonyl (C=O) groups excluding carboxylic acids is 1. The Hall–Kier alpha value is -1.99. The van der Waals surface area contributed by atoms with Gasteiger partial charge in [0, 0.05) is 0 Å². The number of hydrogen-bond acceptors (Lipinski definition) is 3. The van der Waals surface area contributed by atoms with E-state index in [1.54, 1.807) is 20.8 Å². The minimum atomic E-state index is -0.836. The first kappa shape index (κ1) is 19.1. The van der Waals surface area contributed by atoms with Gasteiger partial charge in [0.25, 0.3) is 0 Å². The van der Waals surface area contributed by atoms with E-state index < -0.39 is 23.8 Å². The van der Waals surface area contributed by atoms with Crippen molar-refractivity contribution < 1.29 is 14.6 Å². The fourth-order valence-electron chi connectivity index (χ4n) is 2.45. The molecule has 0 aliphatic rings. The van der Waals surface area contributed by atoms with Crippen LogP contribution in [0.4, 0.5) is 4.79 Å². The number of aliphatic hydroxyl groups is 1. The predicted molar refractivity (Wildman–Crippen MR) is 91.8 cm³/mol. The van der Waals surface area contributed by atoms with Crippen LogP contribution < -0.4 is 0 Å². The van der Waals surface area contributed by atoms with Gasteiger partial charge in [0.2, 0.25) is 0 Å². The van der Waals surface area contributed by atoms with E-state index in [0.29, 0.717) is 0 Å². The van der Waals surface area contributed by atoms with E-state index in [4.69, 9.17) is 11.2 Å². The van der Waals surface area contributed by atoms with Gasteiger partial charge >= 0.3 is 6.09 Å². The van der Waals surface area contributed by atoms with Crippen LogP contribution in [0.2, 0.25) is 0 Å². The van der Waals surface area contributed by atoms with Crippen molar-refractivity contribution in [2.24, 2.45) is 5.92 Å². The van der Waals surface area contributed by atoms with E-state index in [2.05, 4.69) is 5.92 Å². The highest BCUT2D eigenvalue weighted by atomic mass is 16.6. The lowest BCUT2D eigenvalue weighted by Crippen LogP contribution is -2.48. The Morgan fingerprint density at radius 3 is 2.30 bits per heavy atom. The molecule has 1 aromatic rings. The molecule has 4 heteroatoms. The summed E-state index contributed by atoms with van der Waals surface area (Å²) < 4.78 is 5.45. The normalized spacial score (nSPS) is 14.0. The van der Waals surface area contributed by atoms with Crippen molar-refractivity contribution in [3.63, 3.8) is 0 Å². The van der Waals surface area contributed by atoms with E-state index in [-0.39, 0.29) is 12.5 Å². The zero-order chi connectivity index (χ0) is 17.6. The van der Waals surface area contributed by atoms with E-state index in [0.717, 1.165) is 5.56 Å². The molecule has 1 N–H and O–H groups in total. The molecule has 0 bridgehead atoms. The standard InChI is InChI=1S/C19H27NO3/c1-7-13-20(18(22)23-19(4,5)6)16(14(2)3)17(21)15-11-9-8-10-12-15/h1,8-12,14,16-17,21H,13H2,2-6H3. The summed E-state index contributed by atoms with van der Waals surface area (Å²) in [6.45, 7) is 9.39. The van der Waals surface area contributed by atoms with E-state index >= 15 is 0 Å². The molecule has 0 aliphatic carbocycles. The molecule has 126 valence electrons. The van der Waals surface area contributed by atoms with Crippen molar-refractivity contribution in [1.29, 1.82) is 0 Å². The minimum absolute atomic E-state index is 0.00562. The van der Waals surface area contributed by atoms with Gasteiger partial charge in [-0.3, -0.25) is 4.90 Å². The average molecular weight is 317 g/mol. The maximum absolute atomic E-state index is 12.5. The summed E-state index contributed by atoms with van der Waals surface area (Å²) in [6.07, 6.45) is 4.08. The summed E-state index contributed by atoms with van der Waals surface area (Å²) in [5.74, 6) is 2.50. The minimum Gasteiger partial charge on any atom is -0.444 e. The molecule has 0 aromatic heterocycles. The van der Waals surface area contributed by atoms with Gasteiger partial charge in [0.05, 0.1) is 18.7 Å². The highest BCUT2D eigenvalue weighted by Gasteiger charge is 2.35. The molecule has 0 fully saturated rings. The molecule has 0 aliphatic heterocycles. The van der Waals surface area contributed by atoms with Gasteiger partial charge in [0.1, 0.15) is 5.60 Å². The Balaban J connectivity index is 3.12. The summed E-state index contributed by atoms with van der Waals surface area (Å²) in [4.78, 5) is 14.0. The molecule has 23 heavy (non-hydrogen) atoms. The third-order valence-electron chi connectivity index (χ3n) is 3.40. The van der Waals surface area contributed by atoms with Gasteiger partial charge in [-0.1, -0.05) is 50.1 Å². The molecule has 2 unspecified atom stereocenters. The number of aliphatic hydroxyl groups excluding tert-OH is 1. The lowest BCUT2D eigenvalue weighted by molar-refractivity contribution is -0.0130. The van der Waals surface area contributed by atoms with Gasteiger partial charge in [0.15, 0.2) is 0 Å². The number of amides is 1. The quantitative estimate of drug-likeness (QED) is 0.844. The van der Waals surface area contributed by atoms with Crippen LogP contribution in [0.5, 0.6) is 0 Å². The lowest BCUT2D eigenvalue weighted by atomic mass is 9.92. The zero-order valence-electron chi connectivity index (χ0n) is 14.6. The maximum atomic E-state index is 12.5. The van der Waals surface area contributed by atoms with Crippen molar-refractivity contribution in [3.05, 3.63) is 35.9 Å². The molecule has 0 radical (unpaired) electrons. The van der Waals surface area contributed by atoms with Crippen LogP contribution in [0.1, 0.15) is 46.3 Å². The SMILES string of the molecule is C#CCN(C(=O)OC(C)(C)C)C(C(C)C)C(O)c1ccccc1. The highest BCUT2D eigenvalue weighted by Crippen LogP contribution is 2.27. The Morgan fingerprint density at radius 2 is 1.87 bits per heavy atom. The number of carbonyl (C=O) groups is 1. The maximum Gasteiger partial charge on any atom is 0.411 e. The average Bonchev–Trinajstić information content (AvgIpc) is 2.45. The monoisotopic (exact) mass is 317 g/mol. The number of nitrogens with zero attached hydrogens (tertiary/aromatic N) is 1. The van der Waals surface area contributed by atoms with Crippen LogP contribution in [0.25, 0.3) is 0 Å². The third kappa shape index (κ3) is 5.61. The molecule has 4 nitrogen and oxygen atoms in total. The summed E-state index contributed by atoms with van der Waals surface area (Å²) >= 11 is 0. The summed E-state index contributed by atoms with van der Waals surface area (Å²) in [5, 5.41) is 10.8. The van der Waals surface area contributed by atoms with Gasteiger partial charge < -0.3 is 9.84 Å². The number of hydrogen-bond donors (Lipinski definition) is 1. The second-order valence-corrected chi connectivity index (χ2v) is 6.90. The lowest BCUT2D eigenvalue weighted by Gasteiger charge is -2.37. The third-order valence-corrected chi connectivity index (χ3v) is 3.40. The summed E-state index contributed by atoms with van der Waals surface area (Å²) in [6, 6.07) is 8.80. The van der Waals surface area contributed by atoms with E-state index in [1.165, 1.54) is 4.90 Å². The van der Waals surface area contributed by atoms with Crippen molar-refractivity contribution in [3.8, 4) is 12.3 Å². The molecule has 1 rings (SSSR count). The van der Waals surface area contributed by atoms with Crippen molar-refractivity contribution in [2.75, 3.05) is 6.54 Å². The first-order valence-corrected chi connectivity index (χ1v) is 7.83. The van der Waals surface area contributed by atoms with Gasteiger partial charge in [-0.15, -0.1) is 6.42 Å². The molecule has 1 aromatic carbocycles. The molecule has 0 spiro atoms. The number of ether oxygens (including phenoxy) is 1. The predicted octanol–water partition coefficient (Wildman–Crippen LogP) is 3.61. The Morgan fingerprint density at radius 1 is 1.30 bits per heavy atom. The van der Waals surface area contributed by atoms with Crippen LogP contribution in [-0.2, 0) is 4.74 Å². The summed E-state index contributed by atoms with van der Waals surface area (Å²) in [7, 11) is 0. The molecular weight excluding hydrogens is 290 g/mol. The van der Waals surface area contributed by atoms with Crippen LogP contribution in [-0.4, -0.2) is 34.3 Å². The van der Waals surface area contributed by atoms with Crippen LogP contribution in [0, 0.1) is 18.3 Å². The number of terminal acetylenes is 1. The number of benzene rings is 1. The van der Waals surface area contributed by atoms with Crippen LogP contribution in [0.3, 0.4) is 0 Å². The Labute approximate surface area is 139 Å².